The minimum Gasteiger partial charge on any atom is -0.356 e. The number of carbonyl (C=O) groups is 1. The summed E-state index contributed by atoms with van der Waals surface area (Å²) in [6.45, 7) is 3.81. The minimum atomic E-state index is -2.98. The number of nitrogens with one attached hydrogen (secondary N) is 2. The largest absolute Gasteiger partial charge is 0.356 e. The number of carbonyl (C=O) groups excluding carboxylic acids is 1. The molecule has 3 rings (SSSR count). The molecule has 2 N–H and O–H groups in total. The van der Waals surface area contributed by atoms with Crippen molar-refractivity contribution in [1.29, 1.82) is 0 Å². The number of pyridine rings is 1. The molecule has 162 valence electrons. The van der Waals surface area contributed by atoms with Gasteiger partial charge in [-0.15, -0.1) is 24.0 Å². The highest BCUT2D eigenvalue weighted by Gasteiger charge is 2.28. The van der Waals surface area contributed by atoms with Crippen molar-refractivity contribution < 1.29 is 13.2 Å². The summed E-state index contributed by atoms with van der Waals surface area (Å²) in [6.07, 6.45) is 2.58. The van der Waals surface area contributed by atoms with Crippen LogP contribution in [0.2, 0.25) is 0 Å². The van der Waals surface area contributed by atoms with Gasteiger partial charge >= 0.3 is 0 Å². The van der Waals surface area contributed by atoms with E-state index in [1.54, 1.807) is 13.2 Å². The van der Waals surface area contributed by atoms with Crippen LogP contribution >= 0.6 is 24.0 Å². The van der Waals surface area contributed by atoms with Crippen LogP contribution in [0.25, 0.3) is 0 Å². The van der Waals surface area contributed by atoms with Crippen LogP contribution in [0, 0.1) is 0 Å². The number of aromatic nitrogens is 1. The third-order valence-corrected chi connectivity index (χ3v) is 6.76. The highest BCUT2D eigenvalue weighted by Crippen LogP contribution is 2.13. The molecule has 3 heterocycles. The predicted octanol–water partition coefficient (Wildman–Crippen LogP) is 0.0904. The van der Waals surface area contributed by atoms with E-state index in [1.807, 2.05) is 18.2 Å². The fraction of sp³-hybridized carbons (Fsp3) is 0.611. The Balaban J connectivity index is 0.00000300. The van der Waals surface area contributed by atoms with Crippen LogP contribution in [0.15, 0.2) is 29.4 Å². The number of piperazine rings is 1. The number of rotatable bonds is 5. The van der Waals surface area contributed by atoms with Gasteiger partial charge in [0.25, 0.3) is 0 Å². The molecular formula is C18H29IN6O3S. The number of aliphatic imine (C=N–C) groups is 1. The molecule has 0 radical (unpaired) electrons. The second-order valence-electron chi connectivity index (χ2n) is 7.05. The molecule has 0 aliphatic carbocycles. The molecule has 1 amide bonds. The van der Waals surface area contributed by atoms with Crippen molar-refractivity contribution in [3.05, 3.63) is 24.4 Å². The fourth-order valence-corrected chi connectivity index (χ4v) is 5.19. The first-order valence-corrected chi connectivity index (χ1v) is 11.4. The van der Waals surface area contributed by atoms with E-state index in [4.69, 9.17) is 0 Å². The number of hydrogen-bond acceptors (Lipinski definition) is 6. The van der Waals surface area contributed by atoms with Gasteiger partial charge in [-0.25, -0.2) is 13.4 Å². The quantitative estimate of drug-likeness (QED) is 0.312. The Morgan fingerprint density at radius 3 is 2.62 bits per heavy atom. The Kier molecular flexibility index (Phi) is 8.93. The Labute approximate surface area is 189 Å². The van der Waals surface area contributed by atoms with E-state index >= 15 is 0 Å². The molecule has 1 aromatic rings. The molecular weight excluding hydrogens is 507 g/mol. The lowest BCUT2D eigenvalue weighted by Crippen LogP contribution is -2.53. The van der Waals surface area contributed by atoms with E-state index in [0.717, 1.165) is 38.0 Å². The second-order valence-corrected chi connectivity index (χ2v) is 9.28. The summed E-state index contributed by atoms with van der Waals surface area (Å²) < 4.78 is 22.9. The lowest BCUT2D eigenvalue weighted by atomic mass is 10.2. The van der Waals surface area contributed by atoms with Crippen LogP contribution in [0.4, 0.5) is 5.82 Å². The van der Waals surface area contributed by atoms with Crippen molar-refractivity contribution in [1.82, 2.24) is 20.5 Å². The number of anilines is 1. The highest BCUT2D eigenvalue weighted by atomic mass is 127. The first-order chi connectivity index (χ1) is 13.5. The highest BCUT2D eigenvalue weighted by molar-refractivity contribution is 14.0. The molecule has 0 spiro atoms. The van der Waals surface area contributed by atoms with Gasteiger partial charge in [0.2, 0.25) is 5.91 Å². The third kappa shape index (κ3) is 6.98. The van der Waals surface area contributed by atoms with E-state index < -0.39 is 9.84 Å². The number of hydrogen-bond donors (Lipinski definition) is 2. The van der Waals surface area contributed by atoms with Crippen LogP contribution in [0.5, 0.6) is 0 Å². The van der Waals surface area contributed by atoms with Gasteiger partial charge in [0.15, 0.2) is 15.8 Å². The van der Waals surface area contributed by atoms with Gasteiger partial charge in [-0.3, -0.25) is 9.79 Å². The zero-order valence-electron chi connectivity index (χ0n) is 16.6. The van der Waals surface area contributed by atoms with E-state index in [1.165, 1.54) is 0 Å². The summed E-state index contributed by atoms with van der Waals surface area (Å²) >= 11 is 0. The van der Waals surface area contributed by atoms with E-state index in [9.17, 15) is 13.2 Å². The van der Waals surface area contributed by atoms with Crippen molar-refractivity contribution in [2.45, 2.75) is 18.9 Å². The minimum absolute atomic E-state index is 0. The zero-order valence-corrected chi connectivity index (χ0v) is 19.7. The predicted molar refractivity (Wildman–Crippen MR) is 125 cm³/mol. The number of nitrogens with zero attached hydrogens (tertiary/aromatic N) is 4. The normalized spacial score (nSPS) is 21.4. The molecule has 2 fully saturated rings. The standard InChI is InChI=1S/C18H28N6O3S.HI/c1-19-18(21-8-5-17(25)22-15-6-13-28(26,27)14-15)24-11-9-23(10-12-24)16-4-2-3-7-20-16;/h2-4,7,15H,5-6,8-14H2,1H3,(H,19,21)(H,22,25);1H. The van der Waals surface area contributed by atoms with Crippen molar-refractivity contribution in [3.8, 4) is 0 Å². The SMILES string of the molecule is CN=C(NCCC(=O)NC1CCS(=O)(=O)C1)N1CCN(c2ccccn2)CC1.I. The molecule has 1 unspecified atom stereocenters. The van der Waals surface area contributed by atoms with E-state index in [-0.39, 0.29) is 53.9 Å². The number of halogens is 1. The molecule has 0 aromatic carbocycles. The molecule has 2 aliphatic rings. The van der Waals surface area contributed by atoms with Crippen LogP contribution in [0.1, 0.15) is 12.8 Å². The first-order valence-electron chi connectivity index (χ1n) is 9.58. The van der Waals surface area contributed by atoms with Crippen molar-refractivity contribution in [2.24, 2.45) is 4.99 Å². The second kappa shape index (κ2) is 11.0. The summed E-state index contributed by atoms with van der Waals surface area (Å²) in [6, 6.07) is 5.65. The Morgan fingerprint density at radius 1 is 1.28 bits per heavy atom. The van der Waals surface area contributed by atoms with Crippen molar-refractivity contribution in [3.63, 3.8) is 0 Å². The summed E-state index contributed by atoms with van der Waals surface area (Å²) in [4.78, 5) is 25.2. The Hall–Kier alpha value is -1.63. The summed E-state index contributed by atoms with van der Waals surface area (Å²) in [5.74, 6) is 1.83. The van der Waals surface area contributed by atoms with Gasteiger partial charge in [-0.2, -0.15) is 0 Å². The van der Waals surface area contributed by atoms with Gasteiger partial charge in [-0.1, -0.05) is 6.07 Å². The van der Waals surface area contributed by atoms with E-state index in [0.29, 0.717) is 13.0 Å². The van der Waals surface area contributed by atoms with Gasteiger partial charge < -0.3 is 20.4 Å². The van der Waals surface area contributed by atoms with E-state index in [2.05, 4.69) is 30.4 Å². The molecule has 2 saturated heterocycles. The van der Waals surface area contributed by atoms with Crippen molar-refractivity contribution >= 4 is 51.5 Å². The maximum Gasteiger partial charge on any atom is 0.222 e. The topological polar surface area (TPSA) is 107 Å². The molecule has 1 atom stereocenters. The summed E-state index contributed by atoms with van der Waals surface area (Å²) in [5.41, 5.74) is 0. The third-order valence-electron chi connectivity index (χ3n) is 5.00. The Morgan fingerprint density at radius 2 is 2.03 bits per heavy atom. The lowest BCUT2D eigenvalue weighted by molar-refractivity contribution is -0.121. The number of sulfone groups is 1. The number of guanidine groups is 1. The Bertz CT molecular complexity index is 797. The van der Waals surface area contributed by atoms with Gasteiger partial charge in [-0.05, 0) is 18.6 Å². The first kappa shape index (κ1) is 23.6. The molecule has 0 bridgehead atoms. The van der Waals surface area contributed by atoms with Gasteiger partial charge in [0, 0.05) is 58.4 Å². The number of amides is 1. The molecule has 29 heavy (non-hydrogen) atoms. The monoisotopic (exact) mass is 536 g/mol. The van der Waals surface area contributed by atoms with Crippen LogP contribution in [-0.4, -0.2) is 87.5 Å². The lowest BCUT2D eigenvalue weighted by Gasteiger charge is -2.37. The fourth-order valence-electron chi connectivity index (χ4n) is 3.52. The maximum atomic E-state index is 12.0. The van der Waals surface area contributed by atoms with Crippen LogP contribution in [-0.2, 0) is 14.6 Å². The zero-order chi connectivity index (χ0) is 20.0. The molecule has 9 nitrogen and oxygen atoms in total. The average Bonchev–Trinajstić information content (AvgIpc) is 3.04. The molecule has 2 aliphatic heterocycles. The average molecular weight is 536 g/mol. The molecule has 0 saturated carbocycles. The van der Waals surface area contributed by atoms with Crippen LogP contribution in [0.3, 0.4) is 0 Å². The summed E-state index contributed by atoms with van der Waals surface area (Å²) in [5, 5.41) is 6.03. The van der Waals surface area contributed by atoms with Gasteiger partial charge in [0.05, 0.1) is 11.5 Å². The molecule has 11 heteroatoms. The molecule has 1 aromatic heterocycles. The summed E-state index contributed by atoms with van der Waals surface area (Å²) in [7, 11) is -1.25. The van der Waals surface area contributed by atoms with Crippen LogP contribution < -0.4 is 15.5 Å². The smallest absolute Gasteiger partial charge is 0.222 e. The van der Waals surface area contributed by atoms with Crippen molar-refractivity contribution in [2.75, 3.05) is 56.2 Å². The van der Waals surface area contributed by atoms with Gasteiger partial charge in [0.1, 0.15) is 5.82 Å². The maximum absolute atomic E-state index is 12.0.